The summed E-state index contributed by atoms with van der Waals surface area (Å²) in [6.45, 7) is 0.193. The Balaban J connectivity index is 1.35. The summed E-state index contributed by atoms with van der Waals surface area (Å²) in [5.41, 5.74) is 1.51. The first kappa shape index (κ1) is 19.2. The second kappa shape index (κ2) is 8.93. The lowest BCUT2D eigenvalue weighted by Gasteiger charge is -2.06. The van der Waals surface area contributed by atoms with Crippen molar-refractivity contribution in [1.82, 2.24) is 25.0 Å². The van der Waals surface area contributed by atoms with E-state index in [4.69, 9.17) is 16.1 Å². The van der Waals surface area contributed by atoms with Gasteiger partial charge in [0.2, 0.25) is 5.89 Å². The van der Waals surface area contributed by atoms with Crippen LogP contribution in [0.25, 0.3) is 5.69 Å². The summed E-state index contributed by atoms with van der Waals surface area (Å²) in [5.74, 6) is 1.15. The van der Waals surface area contributed by atoms with E-state index in [1.807, 2.05) is 53.2 Å². The summed E-state index contributed by atoms with van der Waals surface area (Å²) in [4.78, 5) is 20.8. The molecule has 0 atom stereocenters. The third-order valence-corrected chi connectivity index (χ3v) is 5.16. The van der Waals surface area contributed by atoms with E-state index < -0.39 is 0 Å². The maximum Gasteiger partial charge on any atom is 0.251 e. The van der Waals surface area contributed by atoms with Gasteiger partial charge in [0, 0.05) is 28.7 Å². The Morgan fingerprint density at radius 2 is 2.03 bits per heavy atom. The Bertz CT molecular complexity index is 1110. The SMILES string of the molecule is O=C(NCc1noc(CSc2nccn2-c2cccc(Cl)c2)n1)c1ccccc1. The number of rotatable bonds is 7. The van der Waals surface area contributed by atoms with Crippen LogP contribution in [0.3, 0.4) is 0 Å². The van der Waals surface area contributed by atoms with Crippen LogP contribution < -0.4 is 5.32 Å². The second-order valence-electron chi connectivity index (χ2n) is 6.00. The lowest BCUT2D eigenvalue weighted by Crippen LogP contribution is -2.23. The number of carbonyl (C=O) groups is 1. The summed E-state index contributed by atoms with van der Waals surface area (Å²) in [6.07, 6.45) is 3.59. The lowest BCUT2D eigenvalue weighted by atomic mass is 10.2. The standard InChI is InChI=1S/C20H16ClN5O2S/c21-15-7-4-8-16(11-15)26-10-9-22-20(26)29-13-18-24-17(25-28-18)12-23-19(27)14-5-2-1-3-6-14/h1-11H,12-13H2,(H,23,27). The molecule has 0 aliphatic carbocycles. The van der Waals surface area contributed by atoms with Crippen LogP contribution in [0.1, 0.15) is 22.1 Å². The fourth-order valence-corrected chi connectivity index (χ4v) is 3.61. The first-order valence-corrected chi connectivity index (χ1v) is 10.1. The Hall–Kier alpha value is -3.10. The van der Waals surface area contributed by atoms with Crippen molar-refractivity contribution in [2.24, 2.45) is 0 Å². The Morgan fingerprint density at radius 1 is 1.17 bits per heavy atom. The van der Waals surface area contributed by atoms with E-state index in [2.05, 4.69) is 20.4 Å². The van der Waals surface area contributed by atoms with Crippen LogP contribution in [-0.4, -0.2) is 25.6 Å². The third kappa shape index (κ3) is 4.85. The molecular formula is C20H16ClN5O2S. The fourth-order valence-electron chi connectivity index (χ4n) is 2.62. The highest BCUT2D eigenvalue weighted by Crippen LogP contribution is 2.24. The van der Waals surface area contributed by atoms with Crippen LogP contribution in [0, 0.1) is 0 Å². The Kier molecular flexibility index (Phi) is 5.92. The van der Waals surface area contributed by atoms with Crippen molar-refractivity contribution < 1.29 is 9.32 Å². The van der Waals surface area contributed by atoms with E-state index in [1.54, 1.807) is 18.3 Å². The third-order valence-electron chi connectivity index (χ3n) is 3.97. The van der Waals surface area contributed by atoms with Crippen LogP contribution in [0.5, 0.6) is 0 Å². The van der Waals surface area contributed by atoms with E-state index >= 15 is 0 Å². The zero-order chi connectivity index (χ0) is 20.1. The van der Waals surface area contributed by atoms with Crippen LogP contribution in [0.4, 0.5) is 0 Å². The quantitative estimate of drug-likeness (QED) is 0.448. The second-order valence-corrected chi connectivity index (χ2v) is 7.38. The normalized spacial score (nSPS) is 10.8. The molecule has 0 aliphatic heterocycles. The topological polar surface area (TPSA) is 85.8 Å². The van der Waals surface area contributed by atoms with E-state index in [9.17, 15) is 4.79 Å². The number of benzene rings is 2. The number of hydrogen-bond acceptors (Lipinski definition) is 6. The lowest BCUT2D eigenvalue weighted by molar-refractivity contribution is 0.0949. The number of nitrogens with zero attached hydrogens (tertiary/aromatic N) is 4. The van der Waals surface area contributed by atoms with Crippen LogP contribution in [0.2, 0.25) is 5.02 Å². The van der Waals surface area contributed by atoms with E-state index in [0.717, 1.165) is 10.8 Å². The molecule has 2 aromatic heterocycles. The molecule has 0 aliphatic rings. The molecule has 4 rings (SSSR count). The summed E-state index contributed by atoms with van der Waals surface area (Å²) in [6, 6.07) is 16.5. The molecule has 29 heavy (non-hydrogen) atoms. The molecule has 2 aromatic carbocycles. The highest BCUT2D eigenvalue weighted by molar-refractivity contribution is 7.98. The number of carbonyl (C=O) groups excluding carboxylic acids is 1. The van der Waals surface area contributed by atoms with Gasteiger partial charge in [0.25, 0.3) is 5.91 Å². The number of halogens is 1. The van der Waals surface area contributed by atoms with E-state index in [-0.39, 0.29) is 12.5 Å². The van der Waals surface area contributed by atoms with Gasteiger partial charge < -0.3 is 9.84 Å². The van der Waals surface area contributed by atoms with Crippen molar-refractivity contribution >= 4 is 29.3 Å². The molecule has 4 aromatic rings. The number of aromatic nitrogens is 4. The monoisotopic (exact) mass is 425 g/mol. The first-order chi connectivity index (χ1) is 14.2. The van der Waals surface area contributed by atoms with Crippen molar-refractivity contribution in [2.75, 3.05) is 0 Å². The van der Waals surface area contributed by atoms with Gasteiger partial charge in [0.15, 0.2) is 11.0 Å². The highest BCUT2D eigenvalue weighted by Gasteiger charge is 2.12. The van der Waals surface area contributed by atoms with Gasteiger partial charge in [-0.2, -0.15) is 4.98 Å². The van der Waals surface area contributed by atoms with Crippen molar-refractivity contribution in [3.05, 3.63) is 89.3 Å². The molecule has 1 amide bonds. The van der Waals surface area contributed by atoms with Gasteiger partial charge >= 0.3 is 0 Å². The predicted octanol–water partition coefficient (Wildman–Crippen LogP) is 4.13. The summed E-state index contributed by atoms with van der Waals surface area (Å²) in [5, 5.41) is 8.13. The Morgan fingerprint density at radius 3 is 2.86 bits per heavy atom. The highest BCUT2D eigenvalue weighted by atomic mass is 35.5. The molecule has 7 nitrogen and oxygen atoms in total. The van der Waals surface area contributed by atoms with Gasteiger partial charge in [-0.05, 0) is 30.3 Å². The number of amides is 1. The number of hydrogen-bond donors (Lipinski definition) is 1. The molecule has 0 radical (unpaired) electrons. The predicted molar refractivity (Wildman–Crippen MR) is 110 cm³/mol. The average Bonchev–Trinajstić information content (AvgIpc) is 3.40. The first-order valence-electron chi connectivity index (χ1n) is 8.76. The van der Waals surface area contributed by atoms with Gasteiger partial charge in [0.05, 0.1) is 12.3 Å². The molecule has 0 saturated heterocycles. The number of thioether (sulfide) groups is 1. The van der Waals surface area contributed by atoms with Crippen LogP contribution in [0.15, 0.2) is 76.7 Å². The van der Waals surface area contributed by atoms with Crippen molar-refractivity contribution in [2.45, 2.75) is 17.5 Å². The summed E-state index contributed by atoms with van der Waals surface area (Å²) >= 11 is 7.54. The molecule has 9 heteroatoms. The van der Waals surface area contributed by atoms with Crippen molar-refractivity contribution in [3.63, 3.8) is 0 Å². The number of nitrogens with one attached hydrogen (secondary N) is 1. The minimum absolute atomic E-state index is 0.185. The molecule has 146 valence electrons. The molecule has 2 heterocycles. The minimum atomic E-state index is -0.185. The molecule has 0 bridgehead atoms. The van der Waals surface area contributed by atoms with Crippen LogP contribution in [-0.2, 0) is 12.3 Å². The fraction of sp³-hybridized carbons (Fsp3) is 0.100. The maximum atomic E-state index is 12.1. The van der Waals surface area contributed by atoms with Gasteiger partial charge in [-0.3, -0.25) is 9.36 Å². The van der Waals surface area contributed by atoms with Gasteiger partial charge in [-0.15, -0.1) is 0 Å². The van der Waals surface area contributed by atoms with Crippen molar-refractivity contribution in [3.8, 4) is 5.69 Å². The molecule has 0 fully saturated rings. The van der Waals surface area contributed by atoms with Gasteiger partial charge in [-0.1, -0.05) is 52.8 Å². The zero-order valence-electron chi connectivity index (χ0n) is 15.2. The van der Waals surface area contributed by atoms with Gasteiger partial charge in [-0.25, -0.2) is 4.98 Å². The zero-order valence-corrected chi connectivity index (χ0v) is 16.7. The van der Waals surface area contributed by atoms with E-state index in [0.29, 0.717) is 28.1 Å². The molecule has 0 unspecified atom stereocenters. The molecular weight excluding hydrogens is 410 g/mol. The molecule has 0 saturated carbocycles. The molecule has 0 spiro atoms. The molecule has 1 N–H and O–H groups in total. The Labute approximate surface area is 176 Å². The van der Waals surface area contributed by atoms with Gasteiger partial charge in [0.1, 0.15) is 0 Å². The summed E-state index contributed by atoms with van der Waals surface area (Å²) < 4.78 is 7.21. The minimum Gasteiger partial charge on any atom is -0.345 e. The van der Waals surface area contributed by atoms with Crippen molar-refractivity contribution in [1.29, 1.82) is 0 Å². The maximum absolute atomic E-state index is 12.1. The van der Waals surface area contributed by atoms with E-state index in [1.165, 1.54) is 11.8 Å². The smallest absolute Gasteiger partial charge is 0.251 e. The largest absolute Gasteiger partial charge is 0.345 e. The summed E-state index contributed by atoms with van der Waals surface area (Å²) in [7, 11) is 0. The average molecular weight is 426 g/mol. The van der Waals surface area contributed by atoms with Crippen LogP contribution >= 0.6 is 23.4 Å². The number of imidazole rings is 1.